The minimum absolute atomic E-state index is 0.641. The van der Waals surface area contributed by atoms with Crippen LogP contribution in [0.3, 0.4) is 0 Å². The number of hydrogen-bond acceptors (Lipinski definition) is 5. The van der Waals surface area contributed by atoms with Gasteiger partial charge >= 0.3 is 0 Å². The predicted octanol–water partition coefficient (Wildman–Crippen LogP) is 3.51. The van der Waals surface area contributed by atoms with Crippen LogP contribution in [-0.2, 0) is 0 Å². The summed E-state index contributed by atoms with van der Waals surface area (Å²) in [7, 11) is 0. The van der Waals surface area contributed by atoms with Gasteiger partial charge in [0.2, 0.25) is 5.95 Å². The van der Waals surface area contributed by atoms with Gasteiger partial charge in [-0.05, 0) is 26.0 Å². The van der Waals surface area contributed by atoms with E-state index >= 15 is 0 Å². The molecule has 0 radical (unpaired) electrons. The highest BCUT2D eigenvalue weighted by Gasteiger charge is 2.04. The van der Waals surface area contributed by atoms with Gasteiger partial charge in [0.05, 0.1) is 0 Å². The summed E-state index contributed by atoms with van der Waals surface area (Å²) in [5.41, 5.74) is 1.93. The van der Waals surface area contributed by atoms with Crippen molar-refractivity contribution in [2.24, 2.45) is 0 Å². The number of fused-ring (bicyclic) bond motifs is 1. The third-order valence-electron chi connectivity index (χ3n) is 3.13. The van der Waals surface area contributed by atoms with E-state index < -0.39 is 0 Å². The first kappa shape index (κ1) is 13.3. The number of nitrogens with zero attached hydrogens (tertiary/aromatic N) is 3. The molecule has 5 nitrogen and oxygen atoms in total. The molecule has 0 bridgehead atoms. The van der Waals surface area contributed by atoms with E-state index in [0.717, 1.165) is 34.5 Å². The highest BCUT2D eigenvalue weighted by atomic mass is 15.1. The molecular weight excluding hydrogens is 262 g/mol. The lowest BCUT2D eigenvalue weighted by Gasteiger charge is -2.11. The Kier molecular flexibility index (Phi) is 3.64. The third kappa shape index (κ3) is 2.91. The molecule has 2 N–H and O–H groups in total. The van der Waals surface area contributed by atoms with E-state index in [4.69, 9.17) is 0 Å². The molecule has 0 saturated heterocycles. The van der Waals surface area contributed by atoms with Crippen LogP contribution >= 0.6 is 0 Å². The maximum absolute atomic E-state index is 4.48. The van der Waals surface area contributed by atoms with Gasteiger partial charge in [0.1, 0.15) is 5.82 Å². The van der Waals surface area contributed by atoms with Crippen LogP contribution < -0.4 is 10.6 Å². The van der Waals surface area contributed by atoms with Crippen LogP contribution in [0.25, 0.3) is 10.8 Å². The molecule has 3 aromatic rings. The zero-order valence-corrected chi connectivity index (χ0v) is 12.1. The summed E-state index contributed by atoms with van der Waals surface area (Å²) >= 11 is 0. The van der Waals surface area contributed by atoms with Crippen molar-refractivity contribution >= 4 is 28.2 Å². The Bertz CT molecular complexity index is 764. The van der Waals surface area contributed by atoms with Gasteiger partial charge < -0.3 is 10.6 Å². The largest absolute Gasteiger partial charge is 0.354 e. The summed E-state index contributed by atoms with van der Waals surface area (Å²) in [5, 5.41) is 8.72. The topological polar surface area (TPSA) is 62.7 Å². The molecule has 0 atom stereocenters. The molecule has 0 fully saturated rings. The molecule has 0 aliphatic carbocycles. The molecule has 0 saturated carbocycles. The fourth-order valence-corrected chi connectivity index (χ4v) is 2.24. The first-order valence-corrected chi connectivity index (χ1v) is 6.95. The second-order valence-electron chi connectivity index (χ2n) is 4.78. The number of benzene rings is 1. The number of nitrogens with one attached hydrogen (secondary N) is 2. The molecule has 5 heteroatoms. The normalized spacial score (nSPS) is 10.6. The van der Waals surface area contributed by atoms with E-state index in [2.05, 4.69) is 25.6 Å². The minimum atomic E-state index is 0.641. The standard InChI is InChI=1S/C16H17N5/c1-3-18-16-19-11(2)9-15(21-16)20-14-6-4-5-12-10-17-8-7-13(12)14/h4-10H,3H2,1-2H3,(H2,18,19,20,21). The Hall–Kier alpha value is -2.69. The highest BCUT2D eigenvalue weighted by Crippen LogP contribution is 2.25. The van der Waals surface area contributed by atoms with Crippen LogP contribution in [0.15, 0.2) is 42.7 Å². The van der Waals surface area contributed by atoms with Gasteiger partial charge in [-0.2, -0.15) is 4.98 Å². The predicted molar refractivity (Wildman–Crippen MR) is 86.0 cm³/mol. The summed E-state index contributed by atoms with van der Waals surface area (Å²) in [6.07, 6.45) is 3.65. The van der Waals surface area contributed by atoms with Crippen molar-refractivity contribution in [2.75, 3.05) is 17.2 Å². The molecule has 3 rings (SSSR count). The molecule has 2 aromatic heterocycles. The van der Waals surface area contributed by atoms with Crippen LogP contribution in [0.4, 0.5) is 17.5 Å². The van der Waals surface area contributed by atoms with Gasteiger partial charge in [-0.25, -0.2) is 4.98 Å². The maximum atomic E-state index is 4.48. The van der Waals surface area contributed by atoms with E-state index in [0.29, 0.717) is 5.95 Å². The van der Waals surface area contributed by atoms with Crippen molar-refractivity contribution < 1.29 is 0 Å². The third-order valence-corrected chi connectivity index (χ3v) is 3.13. The first-order chi connectivity index (χ1) is 10.3. The average Bonchev–Trinajstić information content (AvgIpc) is 2.47. The van der Waals surface area contributed by atoms with Gasteiger partial charge in [-0.3, -0.25) is 4.98 Å². The number of anilines is 3. The molecule has 1 aromatic carbocycles. The molecular formula is C16H17N5. The zero-order valence-electron chi connectivity index (χ0n) is 12.1. The summed E-state index contributed by atoms with van der Waals surface area (Å²) in [5.74, 6) is 1.42. The van der Waals surface area contributed by atoms with Crippen LogP contribution in [0.1, 0.15) is 12.6 Å². The molecule has 2 heterocycles. The Morgan fingerprint density at radius 1 is 1.14 bits per heavy atom. The minimum Gasteiger partial charge on any atom is -0.354 e. The molecule has 0 amide bonds. The number of pyridine rings is 1. The van der Waals surface area contributed by atoms with Gasteiger partial charge in [0, 0.05) is 47.2 Å². The van der Waals surface area contributed by atoms with Gasteiger partial charge in [0.25, 0.3) is 0 Å². The van der Waals surface area contributed by atoms with Gasteiger partial charge in [-0.15, -0.1) is 0 Å². The van der Waals surface area contributed by atoms with Crippen molar-refractivity contribution in [3.05, 3.63) is 48.4 Å². The Labute approximate surface area is 123 Å². The lowest BCUT2D eigenvalue weighted by Crippen LogP contribution is -2.05. The molecule has 0 aliphatic heterocycles. The fourth-order valence-electron chi connectivity index (χ4n) is 2.24. The summed E-state index contributed by atoms with van der Waals surface area (Å²) in [6.45, 7) is 4.78. The van der Waals surface area contributed by atoms with Crippen molar-refractivity contribution in [3.63, 3.8) is 0 Å². The Morgan fingerprint density at radius 2 is 2.05 bits per heavy atom. The van der Waals surface area contributed by atoms with Crippen molar-refractivity contribution in [2.45, 2.75) is 13.8 Å². The van der Waals surface area contributed by atoms with E-state index in [1.807, 2.05) is 50.4 Å². The van der Waals surface area contributed by atoms with E-state index in [1.54, 1.807) is 6.20 Å². The number of rotatable bonds is 4. The zero-order chi connectivity index (χ0) is 14.7. The molecule has 106 valence electrons. The van der Waals surface area contributed by atoms with Crippen LogP contribution in [0, 0.1) is 6.92 Å². The lowest BCUT2D eigenvalue weighted by molar-refractivity contribution is 1.05. The summed E-state index contributed by atoms with van der Waals surface area (Å²) in [4.78, 5) is 13.0. The van der Waals surface area contributed by atoms with Gasteiger partial charge in [-0.1, -0.05) is 12.1 Å². The number of aromatic nitrogens is 3. The monoisotopic (exact) mass is 279 g/mol. The van der Waals surface area contributed by atoms with Crippen molar-refractivity contribution in [1.29, 1.82) is 0 Å². The Morgan fingerprint density at radius 3 is 2.90 bits per heavy atom. The molecule has 0 spiro atoms. The quantitative estimate of drug-likeness (QED) is 0.765. The average molecular weight is 279 g/mol. The second kappa shape index (κ2) is 5.75. The smallest absolute Gasteiger partial charge is 0.224 e. The maximum Gasteiger partial charge on any atom is 0.224 e. The molecule has 21 heavy (non-hydrogen) atoms. The first-order valence-electron chi connectivity index (χ1n) is 6.95. The number of aryl methyl sites for hydroxylation is 1. The van der Waals surface area contributed by atoms with Crippen molar-refractivity contribution in [1.82, 2.24) is 15.0 Å². The van der Waals surface area contributed by atoms with E-state index in [-0.39, 0.29) is 0 Å². The SMILES string of the molecule is CCNc1nc(C)cc(Nc2cccc3cnccc23)n1. The van der Waals surface area contributed by atoms with E-state index in [9.17, 15) is 0 Å². The van der Waals surface area contributed by atoms with Crippen LogP contribution in [0.5, 0.6) is 0 Å². The Balaban J connectivity index is 1.98. The molecule has 0 aliphatic rings. The van der Waals surface area contributed by atoms with Crippen LogP contribution in [0.2, 0.25) is 0 Å². The second-order valence-corrected chi connectivity index (χ2v) is 4.78. The molecule has 0 unspecified atom stereocenters. The highest BCUT2D eigenvalue weighted by molar-refractivity contribution is 5.94. The van der Waals surface area contributed by atoms with Crippen molar-refractivity contribution in [3.8, 4) is 0 Å². The summed E-state index contributed by atoms with van der Waals surface area (Å²) in [6, 6.07) is 10.0. The van der Waals surface area contributed by atoms with Gasteiger partial charge in [0.15, 0.2) is 0 Å². The van der Waals surface area contributed by atoms with E-state index in [1.165, 1.54) is 0 Å². The van der Waals surface area contributed by atoms with Crippen LogP contribution in [-0.4, -0.2) is 21.5 Å². The summed E-state index contributed by atoms with van der Waals surface area (Å²) < 4.78 is 0. The fraction of sp³-hybridized carbons (Fsp3) is 0.188. The lowest BCUT2D eigenvalue weighted by atomic mass is 10.1. The number of hydrogen-bond donors (Lipinski definition) is 2.